The summed E-state index contributed by atoms with van der Waals surface area (Å²) in [6, 6.07) is 7.15. The maximum Gasteiger partial charge on any atom is 0.241 e. The average Bonchev–Trinajstić information content (AvgIpc) is 3.02. The van der Waals surface area contributed by atoms with Gasteiger partial charge in [-0.1, -0.05) is 44.2 Å². The highest BCUT2D eigenvalue weighted by atomic mass is 16.2. The van der Waals surface area contributed by atoms with Crippen molar-refractivity contribution in [3.63, 3.8) is 0 Å². The lowest BCUT2D eigenvalue weighted by Gasteiger charge is -2.24. The van der Waals surface area contributed by atoms with Gasteiger partial charge in [0.25, 0.3) is 0 Å². The van der Waals surface area contributed by atoms with E-state index in [0.29, 0.717) is 5.92 Å². The summed E-state index contributed by atoms with van der Waals surface area (Å²) in [4.78, 5) is 12.4. The lowest BCUT2D eigenvalue weighted by Crippen LogP contribution is -2.37. The molecule has 1 heterocycles. The number of carbonyl (C=O) groups is 1. The van der Waals surface area contributed by atoms with E-state index in [9.17, 15) is 4.79 Å². The molecule has 1 amide bonds. The molecule has 1 atom stereocenters. The predicted octanol–water partition coefficient (Wildman–Crippen LogP) is 2.72. The fourth-order valence-electron chi connectivity index (χ4n) is 3.40. The Morgan fingerprint density at radius 3 is 2.88 bits per heavy atom. The fourth-order valence-corrected chi connectivity index (χ4v) is 3.40. The zero-order valence-corrected chi connectivity index (χ0v) is 14.1. The molecule has 0 saturated heterocycles. The number of carbonyl (C=O) groups excluding carboxylic acids is 1. The van der Waals surface area contributed by atoms with Crippen molar-refractivity contribution >= 4 is 11.6 Å². The Hall–Kier alpha value is -2.21. The van der Waals surface area contributed by atoms with Gasteiger partial charge < -0.3 is 15.6 Å². The van der Waals surface area contributed by atoms with Crippen molar-refractivity contribution in [3.05, 3.63) is 30.6 Å². The molecular formula is C18H25N5O. The van der Waals surface area contributed by atoms with Crippen LogP contribution in [0.5, 0.6) is 0 Å². The first-order valence-corrected chi connectivity index (χ1v) is 8.64. The second-order valence-corrected chi connectivity index (χ2v) is 6.68. The molecule has 0 radical (unpaired) electrons. The molecule has 1 aliphatic rings. The lowest BCUT2D eigenvalue weighted by atomic mass is 9.85. The molecule has 0 spiro atoms. The van der Waals surface area contributed by atoms with Crippen molar-refractivity contribution in [2.45, 2.75) is 44.6 Å². The van der Waals surface area contributed by atoms with E-state index in [0.717, 1.165) is 23.5 Å². The predicted molar refractivity (Wildman–Crippen MR) is 94.2 cm³/mol. The SMILES string of the molecule is Cn1cnnc1-c1cccc(NC(=O)C(N)CC2CCCCC2)c1. The van der Waals surface area contributed by atoms with Crippen LogP contribution in [0.15, 0.2) is 30.6 Å². The Bertz CT molecular complexity index is 690. The molecule has 1 saturated carbocycles. The van der Waals surface area contributed by atoms with Crippen LogP contribution in [-0.4, -0.2) is 26.7 Å². The Morgan fingerprint density at radius 1 is 1.38 bits per heavy atom. The summed E-state index contributed by atoms with van der Waals surface area (Å²) in [7, 11) is 1.89. The number of aromatic nitrogens is 3. The van der Waals surface area contributed by atoms with Gasteiger partial charge in [-0.25, -0.2) is 0 Å². The normalized spacial score (nSPS) is 16.8. The highest BCUT2D eigenvalue weighted by Crippen LogP contribution is 2.27. The van der Waals surface area contributed by atoms with Crippen molar-refractivity contribution in [3.8, 4) is 11.4 Å². The first-order chi connectivity index (χ1) is 11.6. The fraction of sp³-hybridized carbons (Fsp3) is 0.500. The Balaban J connectivity index is 1.62. The minimum Gasteiger partial charge on any atom is -0.325 e. The molecule has 1 aliphatic carbocycles. The summed E-state index contributed by atoms with van der Waals surface area (Å²) in [5.74, 6) is 1.23. The Kier molecular flexibility index (Phi) is 5.25. The minimum absolute atomic E-state index is 0.115. The van der Waals surface area contributed by atoms with Crippen LogP contribution in [0.1, 0.15) is 38.5 Å². The van der Waals surface area contributed by atoms with E-state index in [-0.39, 0.29) is 5.91 Å². The van der Waals surface area contributed by atoms with Crippen molar-refractivity contribution < 1.29 is 4.79 Å². The number of nitrogens with one attached hydrogen (secondary N) is 1. The van der Waals surface area contributed by atoms with Crippen LogP contribution in [0.4, 0.5) is 5.69 Å². The number of amides is 1. The largest absolute Gasteiger partial charge is 0.325 e. The van der Waals surface area contributed by atoms with Gasteiger partial charge in [0, 0.05) is 18.3 Å². The highest BCUT2D eigenvalue weighted by molar-refractivity contribution is 5.95. The molecule has 128 valence electrons. The highest BCUT2D eigenvalue weighted by Gasteiger charge is 2.21. The van der Waals surface area contributed by atoms with Gasteiger partial charge in [0.2, 0.25) is 5.91 Å². The van der Waals surface area contributed by atoms with Crippen molar-refractivity contribution in [2.24, 2.45) is 18.7 Å². The third-order valence-electron chi connectivity index (χ3n) is 4.75. The topological polar surface area (TPSA) is 85.8 Å². The first-order valence-electron chi connectivity index (χ1n) is 8.64. The second-order valence-electron chi connectivity index (χ2n) is 6.68. The molecule has 2 aromatic rings. The van der Waals surface area contributed by atoms with E-state index < -0.39 is 6.04 Å². The third kappa shape index (κ3) is 4.00. The van der Waals surface area contributed by atoms with Crippen LogP contribution in [0.3, 0.4) is 0 Å². The molecule has 3 N–H and O–H groups in total. The molecule has 0 aliphatic heterocycles. The van der Waals surface area contributed by atoms with E-state index in [1.54, 1.807) is 6.33 Å². The van der Waals surface area contributed by atoms with Gasteiger partial charge >= 0.3 is 0 Å². The monoisotopic (exact) mass is 327 g/mol. The summed E-state index contributed by atoms with van der Waals surface area (Å²) in [6.07, 6.45) is 8.66. The van der Waals surface area contributed by atoms with Crippen LogP contribution in [-0.2, 0) is 11.8 Å². The minimum atomic E-state index is -0.452. The smallest absolute Gasteiger partial charge is 0.241 e. The van der Waals surface area contributed by atoms with Crippen molar-refractivity contribution in [1.82, 2.24) is 14.8 Å². The summed E-state index contributed by atoms with van der Waals surface area (Å²) in [6.45, 7) is 0. The zero-order valence-electron chi connectivity index (χ0n) is 14.1. The van der Waals surface area contributed by atoms with Gasteiger partial charge in [0.1, 0.15) is 6.33 Å². The number of anilines is 1. The van der Waals surface area contributed by atoms with Crippen LogP contribution in [0, 0.1) is 5.92 Å². The zero-order chi connectivity index (χ0) is 16.9. The second kappa shape index (κ2) is 7.57. The average molecular weight is 327 g/mol. The molecule has 1 aromatic heterocycles. The van der Waals surface area contributed by atoms with Crippen LogP contribution in [0.25, 0.3) is 11.4 Å². The molecule has 1 unspecified atom stereocenters. The van der Waals surface area contributed by atoms with Crippen molar-refractivity contribution in [2.75, 3.05) is 5.32 Å². The van der Waals surface area contributed by atoms with Gasteiger partial charge in [0.05, 0.1) is 6.04 Å². The number of hydrogen-bond acceptors (Lipinski definition) is 4. The molecule has 6 nitrogen and oxygen atoms in total. The maximum absolute atomic E-state index is 12.4. The van der Waals surface area contributed by atoms with Crippen LogP contribution in [0.2, 0.25) is 0 Å². The number of hydrogen-bond donors (Lipinski definition) is 2. The summed E-state index contributed by atoms with van der Waals surface area (Å²) < 4.78 is 1.84. The number of nitrogens with zero attached hydrogens (tertiary/aromatic N) is 3. The van der Waals surface area contributed by atoms with E-state index in [1.807, 2.05) is 35.9 Å². The van der Waals surface area contributed by atoms with Crippen LogP contribution < -0.4 is 11.1 Å². The number of rotatable bonds is 5. The summed E-state index contributed by atoms with van der Waals surface area (Å²) in [5, 5.41) is 10.9. The van der Waals surface area contributed by atoms with Gasteiger partial charge in [-0.15, -0.1) is 10.2 Å². The molecule has 24 heavy (non-hydrogen) atoms. The third-order valence-corrected chi connectivity index (χ3v) is 4.75. The van der Waals surface area contributed by atoms with E-state index >= 15 is 0 Å². The first kappa shape index (κ1) is 16.6. The Morgan fingerprint density at radius 2 is 2.17 bits per heavy atom. The van der Waals surface area contributed by atoms with Crippen molar-refractivity contribution in [1.29, 1.82) is 0 Å². The number of aryl methyl sites for hydroxylation is 1. The van der Waals surface area contributed by atoms with Gasteiger partial charge in [0.15, 0.2) is 5.82 Å². The molecule has 6 heteroatoms. The molecule has 3 rings (SSSR count). The van der Waals surface area contributed by atoms with Gasteiger partial charge in [-0.05, 0) is 24.5 Å². The standard InChI is InChI=1S/C18H25N5O/c1-23-12-20-22-17(23)14-8-5-9-15(11-14)21-18(24)16(19)10-13-6-3-2-4-7-13/h5,8-9,11-13,16H,2-4,6-7,10,19H2,1H3,(H,21,24). The van der Waals surface area contributed by atoms with E-state index in [1.165, 1.54) is 32.1 Å². The molecule has 1 aromatic carbocycles. The number of benzene rings is 1. The van der Waals surface area contributed by atoms with Gasteiger partial charge in [-0.2, -0.15) is 0 Å². The number of nitrogens with two attached hydrogens (primary N) is 1. The van der Waals surface area contributed by atoms with E-state index in [2.05, 4.69) is 15.5 Å². The summed E-state index contributed by atoms with van der Waals surface area (Å²) >= 11 is 0. The molecule has 1 fully saturated rings. The maximum atomic E-state index is 12.4. The molecular weight excluding hydrogens is 302 g/mol. The lowest BCUT2D eigenvalue weighted by molar-refractivity contribution is -0.117. The van der Waals surface area contributed by atoms with Crippen LogP contribution >= 0.6 is 0 Å². The Labute approximate surface area is 142 Å². The van der Waals surface area contributed by atoms with E-state index in [4.69, 9.17) is 5.73 Å². The molecule has 0 bridgehead atoms. The quantitative estimate of drug-likeness (QED) is 0.884. The van der Waals surface area contributed by atoms with Gasteiger partial charge in [-0.3, -0.25) is 4.79 Å². The summed E-state index contributed by atoms with van der Waals surface area (Å²) in [5.41, 5.74) is 7.76.